The van der Waals surface area contributed by atoms with Gasteiger partial charge in [-0.15, -0.1) is 0 Å². The summed E-state index contributed by atoms with van der Waals surface area (Å²) in [5.41, 5.74) is -0.468. The van der Waals surface area contributed by atoms with Crippen molar-refractivity contribution < 1.29 is 28.6 Å². The van der Waals surface area contributed by atoms with E-state index in [1.807, 2.05) is 0 Å². The van der Waals surface area contributed by atoms with E-state index in [9.17, 15) is 18.8 Å². The standard InChI is InChI=1S/C16H20FNO5/c1-16(2,3)23-15(22)18-12(14(20)21)8-9-13(19)10-4-6-11(17)7-5-10/h4-7,12H,8-9H2,1-3H3,(H,18,22)(H,20,21)/t12-/m1/s1. The van der Waals surface area contributed by atoms with E-state index in [1.165, 1.54) is 12.1 Å². The van der Waals surface area contributed by atoms with Crippen LogP contribution >= 0.6 is 0 Å². The maximum absolute atomic E-state index is 12.8. The number of rotatable bonds is 6. The van der Waals surface area contributed by atoms with Gasteiger partial charge in [0.1, 0.15) is 17.5 Å². The largest absolute Gasteiger partial charge is 0.480 e. The molecule has 1 aromatic rings. The Balaban J connectivity index is 2.59. The van der Waals surface area contributed by atoms with Crippen LogP contribution in [0, 0.1) is 5.82 Å². The van der Waals surface area contributed by atoms with Crippen LogP contribution in [-0.2, 0) is 9.53 Å². The fourth-order valence-electron chi connectivity index (χ4n) is 1.76. The first-order valence-electron chi connectivity index (χ1n) is 7.09. The van der Waals surface area contributed by atoms with Crippen LogP contribution in [0.5, 0.6) is 0 Å². The monoisotopic (exact) mass is 325 g/mol. The van der Waals surface area contributed by atoms with Crippen molar-refractivity contribution in [1.29, 1.82) is 0 Å². The molecule has 0 aliphatic heterocycles. The van der Waals surface area contributed by atoms with Crippen molar-refractivity contribution in [3.63, 3.8) is 0 Å². The average Bonchev–Trinajstić information content (AvgIpc) is 2.41. The molecular formula is C16H20FNO5. The molecule has 0 aliphatic carbocycles. The molecule has 0 unspecified atom stereocenters. The summed E-state index contributed by atoms with van der Waals surface area (Å²) in [6, 6.07) is 3.72. The molecule has 0 heterocycles. The van der Waals surface area contributed by atoms with Gasteiger partial charge in [0, 0.05) is 12.0 Å². The third-order valence-corrected chi connectivity index (χ3v) is 2.82. The second-order valence-corrected chi connectivity index (χ2v) is 6.01. The number of halogens is 1. The van der Waals surface area contributed by atoms with Gasteiger partial charge >= 0.3 is 12.1 Å². The van der Waals surface area contributed by atoms with Crippen molar-refractivity contribution in [3.05, 3.63) is 35.6 Å². The van der Waals surface area contributed by atoms with Gasteiger partial charge in [0.15, 0.2) is 5.78 Å². The molecule has 126 valence electrons. The lowest BCUT2D eigenvalue weighted by atomic mass is 10.0. The number of carbonyl (C=O) groups excluding carboxylic acids is 2. The SMILES string of the molecule is CC(C)(C)OC(=O)N[C@H](CCC(=O)c1ccc(F)cc1)C(=O)O. The highest BCUT2D eigenvalue weighted by molar-refractivity contribution is 5.96. The van der Waals surface area contributed by atoms with Crippen molar-refractivity contribution in [2.75, 3.05) is 0 Å². The van der Waals surface area contributed by atoms with E-state index in [0.717, 1.165) is 12.1 Å². The molecule has 0 radical (unpaired) electrons. The zero-order valence-corrected chi connectivity index (χ0v) is 13.3. The number of aliphatic carboxylic acids is 1. The lowest BCUT2D eigenvalue weighted by molar-refractivity contribution is -0.139. The average molecular weight is 325 g/mol. The van der Waals surface area contributed by atoms with E-state index in [0.29, 0.717) is 0 Å². The Morgan fingerprint density at radius 2 is 1.78 bits per heavy atom. The Kier molecular flexibility index (Phi) is 6.24. The molecule has 1 atom stereocenters. The van der Waals surface area contributed by atoms with Gasteiger partial charge in [0.05, 0.1) is 0 Å². The van der Waals surface area contributed by atoms with Crippen molar-refractivity contribution >= 4 is 17.8 Å². The Labute approximate surface area is 133 Å². The zero-order chi connectivity index (χ0) is 17.6. The molecule has 1 amide bonds. The third kappa shape index (κ3) is 6.90. The van der Waals surface area contributed by atoms with Crippen LogP contribution < -0.4 is 5.32 Å². The van der Waals surface area contributed by atoms with Crippen LogP contribution in [0.2, 0.25) is 0 Å². The minimum absolute atomic E-state index is 0.0925. The maximum Gasteiger partial charge on any atom is 0.408 e. The zero-order valence-electron chi connectivity index (χ0n) is 13.3. The molecule has 0 aliphatic rings. The molecule has 23 heavy (non-hydrogen) atoms. The maximum atomic E-state index is 12.8. The highest BCUT2D eigenvalue weighted by atomic mass is 19.1. The number of benzene rings is 1. The van der Waals surface area contributed by atoms with Crippen LogP contribution in [0.25, 0.3) is 0 Å². The fourth-order valence-corrected chi connectivity index (χ4v) is 1.76. The van der Waals surface area contributed by atoms with Gasteiger partial charge in [-0.25, -0.2) is 14.0 Å². The van der Waals surface area contributed by atoms with Crippen molar-refractivity contribution in [3.8, 4) is 0 Å². The van der Waals surface area contributed by atoms with Crippen LogP contribution in [0.4, 0.5) is 9.18 Å². The second-order valence-electron chi connectivity index (χ2n) is 6.01. The Morgan fingerprint density at radius 1 is 1.22 bits per heavy atom. The van der Waals surface area contributed by atoms with Gasteiger partial charge in [-0.3, -0.25) is 4.79 Å². The Hall–Kier alpha value is -2.44. The first-order chi connectivity index (χ1) is 10.6. The van der Waals surface area contributed by atoms with Gasteiger partial charge in [0.25, 0.3) is 0 Å². The first-order valence-corrected chi connectivity index (χ1v) is 7.09. The topological polar surface area (TPSA) is 92.7 Å². The Morgan fingerprint density at radius 3 is 2.26 bits per heavy atom. The summed E-state index contributed by atoms with van der Waals surface area (Å²) < 4.78 is 17.8. The molecule has 0 bridgehead atoms. The molecule has 0 spiro atoms. The molecule has 7 heteroatoms. The number of Topliss-reactive ketones (excluding diaryl/α,β-unsaturated/α-hetero) is 1. The van der Waals surface area contributed by atoms with E-state index in [4.69, 9.17) is 9.84 Å². The number of ketones is 1. The van der Waals surface area contributed by atoms with Crippen molar-refractivity contribution in [1.82, 2.24) is 5.32 Å². The number of amides is 1. The summed E-state index contributed by atoms with van der Waals surface area (Å²) in [5.74, 6) is -2.05. The lowest BCUT2D eigenvalue weighted by Gasteiger charge is -2.21. The molecule has 0 aromatic heterocycles. The summed E-state index contributed by atoms with van der Waals surface area (Å²) in [6.45, 7) is 4.96. The van der Waals surface area contributed by atoms with Gasteiger partial charge in [0.2, 0.25) is 0 Å². The van der Waals surface area contributed by atoms with Gasteiger partial charge in [-0.1, -0.05) is 0 Å². The Bertz CT molecular complexity index is 577. The number of nitrogens with one attached hydrogen (secondary N) is 1. The van der Waals surface area contributed by atoms with E-state index in [2.05, 4.69) is 5.32 Å². The van der Waals surface area contributed by atoms with E-state index < -0.39 is 29.5 Å². The number of carbonyl (C=O) groups is 3. The fraction of sp³-hybridized carbons (Fsp3) is 0.438. The summed E-state index contributed by atoms with van der Waals surface area (Å²) in [5, 5.41) is 11.3. The van der Waals surface area contributed by atoms with Crippen LogP contribution in [0.1, 0.15) is 44.0 Å². The van der Waals surface area contributed by atoms with Gasteiger partial charge < -0.3 is 15.2 Å². The molecule has 6 nitrogen and oxygen atoms in total. The smallest absolute Gasteiger partial charge is 0.408 e. The quantitative estimate of drug-likeness (QED) is 0.785. The molecule has 2 N–H and O–H groups in total. The number of hydrogen-bond acceptors (Lipinski definition) is 4. The number of hydrogen-bond donors (Lipinski definition) is 2. The summed E-state index contributed by atoms with van der Waals surface area (Å²) in [4.78, 5) is 34.7. The minimum atomic E-state index is -1.26. The van der Waals surface area contributed by atoms with Crippen molar-refractivity contribution in [2.45, 2.75) is 45.3 Å². The molecule has 1 aromatic carbocycles. The molecule has 0 saturated heterocycles. The second kappa shape index (κ2) is 7.71. The van der Waals surface area contributed by atoms with Crippen LogP contribution in [0.15, 0.2) is 24.3 Å². The van der Waals surface area contributed by atoms with Crippen molar-refractivity contribution in [2.24, 2.45) is 0 Å². The normalized spacial score (nSPS) is 12.3. The third-order valence-electron chi connectivity index (χ3n) is 2.82. The van der Waals surface area contributed by atoms with E-state index in [-0.39, 0.29) is 24.2 Å². The number of alkyl carbamates (subject to hydrolysis) is 1. The predicted octanol–water partition coefficient (Wildman–Crippen LogP) is 2.77. The molecule has 0 fully saturated rings. The minimum Gasteiger partial charge on any atom is -0.480 e. The van der Waals surface area contributed by atoms with Crippen LogP contribution in [0.3, 0.4) is 0 Å². The van der Waals surface area contributed by atoms with Gasteiger partial charge in [-0.2, -0.15) is 0 Å². The number of carboxylic acids is 1. The molecular weight excluding hydrogens is 305 g/mol. The van der Waals surface area contributed by atoms with E-state index in [1.54, 1.807) is 20.8 Å². The molecule has 0 saturated carbocycles. The summed E-state index contributed by atoms with van der Waals surface area (Å²) >= 11 is 0. The highest BCUT2D eigenvalue weighted by Gasteiger charge is 2.24. The lowest BCUT2D eigenvalue weighted by Crippen LogP contribution is -2.43. The summed E-state index contributed by atoms with van der Waals surface area (Å²) in [6.07, 6.45) is -1.05. The first kappa shape index (κ1) is 18.6. The van der Waals surface area contributed by atoms with Gasteiger partial charge in [-0.05, 0) is 51.5 Å². The van der Waals surface area contributed by atoms with E-state index >= 15 is 0 Å². The number of ether oxygens (including phenoxy) is 1. The van der Waals surface area contributed by atoms with Crippen LogP contribution in [-0.4, -0.2) is 34.6 Å². The predicted molar refractivity (Wildman–Crippen MR) is 80.8 cm³/mol. The number of carboxylic acid groups (broad SMARTS) is 1. The molecule has 1 rings (SSSR count). The summed E-state index contributed by atoms with van der Waals surface area (Å²) in [7, 11) is 0. The highest BCUT2D eigenvalue weighted by Crippen LogP contribution is 2.11.